The Morgan fingerprint density at radius 3 is 2.65 bits per heavy atom. The second-order valence-electron chi connectivity index (χ2n) is 4.28. The van der Waals surface area contributed by atoms with Crippen molar-refractivity contribution in [3.8, 4) is 5.75 Å². The van der Waals surface area contributed by atoms with Gasteiger partial charge in [0.2, 0.25) is 0 Å². The smallest absolute Gasteiger partial charge is 0.308 e. The lowest BCUT2D eigenvalue weighted by molar-refractivity contribution is -0.131. The van der Waals surface area contributed by atoms with Crippen LogP contribution in [0, 0.1) is 6.92 Å². The first-order valence-corrected chi connectivity index (χ1v) is 6.53. The fourth-order valence-electron chi connectivity index (χ4n) is 1.70. The number of rotatable bonds is 3. The fraction of sp³-hybridized carbons (Fsp3) is 0.125. The molecule has 1 aromatic heterocycles. The van der Waals surface area contributed by atoms with Crippen LogP contribution in [-0.4, -0.2) is 11.0 Å². The highest BCUT2D eigenvalue weighted by atomic mass is 35.5. The molecule has 0 saturated heterocycles. The summed E-state index contributed by atoms with van der Waals surface area (Å²) in [5.74, 6) is 0.0643. The first kappa shape index (κ1) is 14.3. The highest BCUT2D eigenvalue weighted by Crippen LogP contribution is 2.22. The van der Waals surface area contributed by atoms with Gasteiger partial charge in [-0.25, -0.2) is 4.98 Å². The molecule has 0 unspecified atom stereocenters. The minimum Gasteiger partial charge on any atom is -0.424 e. The van der Waals surface area contributed by atoms with Gasteiger partial charge in [-0.05, 0) is 36.8 Å². The summed E-state index contributed by atoms with van der Waals surface area (Å²) in [6.07, 6.45) is 3.63. The Bertz CT molecular complexity index is 665. The molecular weight excluding hydrogens is 274 g/mol. The summed E-state index contributed by atoms with van der Waals surface area (Å²) in [4.78, 5) is 15.4. The number of carbonyl (C=O) groups excluding carboxylic acids is 1. The van der Waals surface area contributed by atoms with E-state index in [1.54, 1.807) is 18.2 Å². The zero-order valence-electron chi connectivity index (χ0n) is 11.3. The van der Waals surface area contributed by atoms with E-state index in [1.807, 2.05) is 37.3 Å². The number of esters is 1. The maximum absolute atomic E-state index is 11.1. The molecule has 0 aliphatic heterocycles. The highest BCUT2D eigenvalue weighted by Gasteiger charge is 2.06. The molecule has 1 heterocycles. The molecule has 3 nitrogen and oxygen atoms in total. The predicted molar refractivity (Wildman–Crippen MR) is 80.7 cm³/mol. The zero-order chi connectivity index (χ0) is 14.5. The third-order valence-corrected chi connectivity index (χ3v) is 2.95. The number of hydrogen-bond acceptors (Lipinski definition) is 3. The van der Waals surface area contributed by atoms with Crippen LogP contribution in [0.15, 0.2) is 36.4 Å². The number of benzene rings is 1. The lowest BCUT2D eigenvalue weighted by Gasteiger charge is -2.06. The summed E-state index contributed by atoms with van der Waals surface area (Å²) >= 11 is 6.09. The van der Waals surface area contributed by atoms with Gasteiger partial charge >= 0.3 is 5.97 Å². The van der Waals surface area contributed by atoms with E-state index in [0.717, 1.165) is 11.3 Å². The number of aromatic nitrogens is 1. The topological polar surface area (TPSA) is 39.2 Å². The van der Waals surface area contributed by atoms with Crippen LogP contribution >= 0.6 is 11.6 Å². The lowest BCUT2D eigenvalue weighted by Crippen LogP contribution is -2.04. The Morgan fingerprint density at radius 2 is 1.95 bits per heavy atom. The zero-order valence-corrected chi connectivity index (χ0v) is 12.0. The second kappa shape index (κ2) is 6.35. The van der Waals surface area contributed by atoms with Crippen LogP contribution in [0.5, 0.6) is 5.75 Å². The van der Waals surface area contributed by atoms with E-state index in [-0.39, 0.29) is 5.97 Å². The van der Waals surface area contributed by atoms with Crippen LogP contribution < -0.4 is 4.74 Å². The quantitative estimate of drug-likeness (QED) is 0.797. The Kier molecular flexibility index (Phi) is 4.53. The summed E-state index contributed by atoms with van der Waals surface area (Å²) in [6.45, 7) is 3.24. The van der Waals surface area contributed by atoms with Crippen molar-refractivity contribution in [2.24, 2.45) is 0 Å². The van der Waals surface area contributed by atoms with Crippen molar-refractivity contribution in [2.45, 2.75) is 13.8 Å². The Labute approximate surface area is 122 Å². The summed E-state index contributed by atoms with van der Waals surface area (Å²) in [5, 5.41) is 0.658. The van der Waals surface area contributed by atoms with Crippen LogP contribution in [-0.2, 0) is 4.79 Å². The van der Waals surface area contributed by atoms with Gasteiger partial charge in [-0.1, -0.05) is 35.9 Å². The summed E-state index contributed by atoms with van der Waals surface area (Å²) in [6, 6.07) is 11.0. The van der Waals surface area contributed by atoms with Crippen LogP contribution in [0.25, 0.3) is 12.2 Å². The van der Waals surface area contributed by atoms with Crippen LogP contribution in [0.2, 0.25) is 5.02 Å². The van der Waals surface area contributed by atoms with Gasteiger partial charge < -0.3 is 4.74 Å². The molecule has 4 heteroatoms. The minimum atomic E-state index is -0.372. The van der Waals surface area contributed by atoms with Crippen molar-refractivity contribution < 1.29 is 9.53 Å². The van der Waals surface area contributed by atoms with E-state index in [9.17, 15) is 4.79 Å². The van der Waals surface area contributed by atoms with E-state index in [1.165, 1.54) is 6.92 Å². The molecule has 0 fully saturated rings. The molecule has 0 aliphatic rings. The third-order valence-electron chi connectivity index (χ3n) is 2.60. The molecule has 2 aromatic rings. The first-order valence-electron chi connectivity index (χ1n) is 6.15. The Morgan fingerprint density at radius 1 is 1.20 bits per heavy atom. The van der Waals surface area contributed by atoms with Crippen molar-refractivity contribution >= 4 is 29.7 Å². The van der Waals surface area contributed by atoms with Crippen LogP contribution in [0.3, 0.4) is 0 Å². The monoisotopic (exact) mass is 287 g/mol. The number of ether oxygens (including phenoxy) is 1. The lowest BCUT2D eigenvalue weighted by atomic mass is 10.2. The van der Waals surface area contributed by atoms with Gasteiger partial charge in [0.25, 0.3) is 0 Å². The third kappa shape index (κ3) is 3.68. The van der Waals surface area contributed by atoms with Crippen molar-refractivity contribution in [1.29, 1.82) is 0 Å². The highest BCUT2D eigenvalue weighted by molar-refractivity contribution is 6.32. The maximum atomic E-state index is 11.1. The number of pyridine rings is 1. The molecule has 0 radical (unpaired) electrons. The number of aryl methyl sites for hydroxylation is 1. The van der Waals surface area contributed by atoms with E-state index in [0.29, 0.717) is 16.5 Å². The number of nitrogens with zero attached hydrogens (tertiary/aromatic N) is 1. The first-order chi connectivity index (χ1) is 9.56. The van der Waals surface area contributed by atoms with Crippen molar-refractivity contribution in [3.63, 3.8) is 0 Å². The van der Waals surface area contributed by atoms with E-state index >= 15 is 0 Å². The van der Waals surface area contributed by atoms with E-state index in [2.05, 4.69) is 4.98 Å². The molecule has 0 amide bonds. The van der Waals surface area contributed by atoms with Crippen molar-refractivity contribution in [3.05, 3.63) is 58.4 Å². The molecule has 0 saturated carbocycles. The van der Waals surface area contributed by atoms with Gasteiger partial charge in [0, 0.05) is 17.6 Å². The van der Waals surface area contributed by atoms with Gasteiger partial charge in [0.05, 0.1) is 0 Å². The van der Waals surface area contributed by atoms with E-state index < -0.39 is 0 Å². The number of halogens is 1. The Balaban J connectivity index is 2.35. The summed E-state index contributed by atoms with van der Waals surface area (Å²) in [5.41, 5.74) is 2.33. The molecule has 2 rings (SSSR count). The minimum absolute atomic E-state index is 0.372. The molecule has 102 valence electrons. The average molecular weight is 288 g/mol. The van der Waals surface area contributed by atoms with Gasteiger partial charge in [-0.3, -0.25) is 4.79 Å². The molecule has 0 spiro atoms. The van der Waals surface area contributed by atoms with E-state index in [4.69, 9.17) is 16.3 Å². The molecule has 0 bridgehead atoms. The predicted octanol–water partition coefficient (Wildman–Crippen LogP) is 4.14. The van der Waals surface area contributed by atoms with Crippen molar-refractivity contribution in [2.75, 3.05) is 0 Å². The molecule has 1 aromatic carbocycles. The normalized spacial score (nSPS) is 10.8. The van der Waals surface area contributed by atoms with Crippen LogP contribution in [0.1, 0.15) is 23.9 Å². The molecule has 20 heavy (non-hydrogen) atoms. The van der Waals surface area contributed by atoms with Crippen LogP contribution in [0.4, 0.5) is 0 Å². The molecular formula is C16H14ClNO2. The number of hydrogen-bond donors (Lipinski definition) is 0. The number of carbonyl (C=O) groups is 1. The second-order valence-corrected chi connectivity index (χ2v) is 4.69. The standard InChI is InChI=1S/C16H14ClNO2/c1-11-7-10-16(20-12(2)19)15(18-11)9-8-13-5-3-4-6-14(13)17/h3-10H,1-2H3/b9-8+. The van der Waals surface area contributed by atoms with Crippen molar-refractivity contribution in [1.82, 2.24) is 4.98 Å². The van der Waals surface area contributed by atoms with Gasteiger partial charge in [-0.2, -0.15) is 0 Å². The maximum Gasteiger partial charge on any atom is 0.308 e. The van der Waals surface area contributed by atoms with Gasteiger partial charge in [-0.15, -0.1) is 0 Å². The molecule has 0 atom stereocenters. The Hall–Kier alpha value is -2.13. The summed E-state index contributed by atoms with van der Waals surface area (Å²) < 4.78 is 5.13. The summed E-state index contributed by atoms with van der Waals surface area (Å²) in [7, 11) is 0. The largest absolute Gasteiger partial charge is 0.424 e. The molecule has 0 aliphatic carbocycles. The van der Waals surface area contributed by atoms with Gasteiger partial charge in [0.15, 0.2) is 5.75 Å². The SMILES string of the molecule is CC(=O)Oc1ccc(C)nc1/C=C/c1ccccc1Cl. The fourth-order valence-corrected chi connectivity index (χ4v) is 1.90. The van der Waals surface area contributed by atoms with Gasteiger partial charge in [0.1, 0.15) is 5.69 Å². The molecule has 0 N–H and O–H groups in total. The average Bonchev–Trinajstić information content (AvgIpc) is 2.40.